The van der Waals surface area contributed by atoms with Gasteiger partial charge in [-0.15, -0.1) is 22.9 Å². The first kappa shape index (κ1) is 11.5. The molecular weight excluding hydrogens is 220 g/mol. The Labute approximate surface area is 92.7 Å². The normalized spacial score (nSPS) is 10.2. The van der Waals surface area contributed by atoms with Crippen molar-refractivity contribution >= 4 is 28.8 Å². The number of carbonyl (C=O) groups excluding carboxylic acids is 1. The van der Waals surface area contributed by atoms with Crippen molar-refractivity contribution in [2.75, 3.05) is 19.0 Å². The number of aryl methyl sites for hydroxylation is 1. The number of rotatable bonds is 4. The molecule has 0 fully saturated rings. The Morgan fingerprint density at radius 3 is 2.86 bits per heavy atom. The van der Waals surface area contributed by atoms with Gasteiger partial charge in [-0.2, -0.15) is 0 Å². The summed E-state index contributed by atoms with van der Waals surface area (Å²) in [5, 5.41) is 0. The molecule has 0 aliphatic heterocycles. The molecule has 14 heavy (non-hydrogen) atoms. The molecule has 0 saturated carbocycles. The Kier molecular flexibility index (Phi) is 4.35. The summed E-state index contributed by atoms with van der Waals surface area (Å²) >= 11 is 7.00. The first-order chi connectivity index (χ1) is 6.70. The highest BCUT2D eigenvalue weighted by atomic mass is 35.5. The number of hydrogen-bond donors (Lipinski definition) is 0. The summed E-state index contributed by atoms with van der Waals surface area (Å²) in [4.78, 5) is 18.4. The zero-order valence-electron chi connectivity index (χ0n) is 8.29. The molecule has 0 aliphatic rings. The molecule has 0 aliphatic carbocycles. The summed E-state index contributed by atoms with van der Waals surface area (Å²) in [7, 11) is 0. The SMILES string of the molecule is CCN(CCCl)C(=O)c1scnc1C. The molecule has 78 valence electrons. The second-order valence-electron chi connectivity index (χ2n) is 2.84. The average molecular weight is 233 g/mol. The van der Waals surface area contributed by atoms with Crippen LogP contribution in [0.1, 0.15) is 22.3 Å². The largest absolute Gasteiger partial charge is 0.337 e. The maximum Gasteiger partial charge on any atom is 0.265 e. The van der Waals surface area contributed by atoms with Crippen molar-refractivity contribution in [1.82, 2.24) is 9.88 Å². The van der Waals surface area contributed by atoms with Crippen LogP contribution in [0.2, 0.25) is 0 Å². The van der Waals surface area contributed by atoms with Crippen LogP contribution in [0, 0.1) is 6.92 Å². The summed E-state index contributed by atoms with van der Waals surface area (Å²) < 4.78 is 0. The molecule has 0 bridgehead atoms. The van der Waals surface area contributed by atoms with Gasteiger partial charge >= 0.3 is 0 Å². The van der Waals surface area contributed by atoms with Gasteiger partial charge in [-0.05, 0) is 13.8 Å². The van der Waals surface area contributed by atoms with Crippen LogP contribution in [0.15, 0.2) is 5.51 Å². The van der Waals surface area contributed by atoms with Crippen LogP contribution in [-0.4, -0.2) is 34.8 Å². The minimum atomic E-state index is 0.0353. The molecule has 0 saturated heterocycles. The molecule has 1 rings (SSSR count). The topological polar surface area (TPSA) is 33.2 Å². The quantitative estimate of drug-likeness (QED) is 0.746. The van der Waals surface area contributed by atoms with E-state index in [-0.39, 0.29) is 5.91 Å². The summed E-state index contributed by atoms with van der Waals surface area (Å²) in [6.45, 7) is 5.07. The maximum atomic E-state index is 11.9. The van der Waals surface area contributed by atoms with Crippen LogP contribution in [0.3, 0.4) is 0 Å². The van der Waals surface area contributed by atoms with Gasteiger partial charge in [0.25, 0.3) is 5.91 Å². The standard InChI is InChI=1S/C9H13ClN2OS/c1-3-12(5-4-10)9(13)8-7(2)11-6-14-8/h6H,3-5H2,1-2H3. The van der Waals surface area contributed by atoms with E-state index in [1.807, 2.05) is 13.8 Å². The molecule has 0 unspecified atom stereocenters. The van der Waals surface area contributed by atoms with E-state index in [2.05, 4.69) is 4.98 Å². The lowest BCUT2D eigenvalue weighted by Gasteiger charge is -2.18. The Balaban J connectivity index is 2.78. The number of alkyl halides is 1. The molecule has 3 nitrogen and oxygen atoms in total. The van der Waals surface area contributed by atoms with Crippen molar-refractivity contribution in [3.05, 3.63) is 16.1 Å². The number of thiazole rings is 1. The van der Waals surface area contributed by atoms with Crippen molar-refractivity contribution < 1.29 is 4.79 Å². The van der Waals surface area contributed by atoms with Crippen molar-refractivity contribution in [2.24, 2.45) is 0 Å². The molecule has 0 atom stereocenters. The molecule has 0 radical (unpaired) electrons. The third kappa shape index (κ3) is 2.45. The summed E-state index contributed by atoms with van der Waals surface area (Å²) in [6, 6.07) is 0. The Bertz CT molecular complexity index is 314. The van der Waals surface area contributed by atoms with Crippen LogP contribution in [0.5, 0.6) is 0 Å². The Morgan fingerprint density at radius 2 is 2.43 bits per heavy atom. The van der Waals surface area contributed by atoms with Crippen molar-refractivity contribution in [3.8, 4) is 0 Å². The lowest BCUT2D eigenvalue weighted by Crippen LogP contribution is -2.32. The van der Waals surface area contributed by atoms with Crippen molar-refractivity contribution in [2.45, 2.75) is 13.8 Å². The number of hydrogen-bond acceptors (Lipinski definition) is 3. The van der Waals surface area contributed by atoms with Gasteiger partial charge in [0.2, 0.25) is 0 Å². The summed E-state index contributed by atoms with van der Waals surface area (Å²) in [6.07, 6.45) is 0. The summed E-state index contributed by atoms with van der Waals surface area (Å²) in [5.74, 6) is 0.505. The number of aromatic nitrogens is 1. The van der Waals surface area contributed by atoms with Crippen LogP contribution in [0.4, 0.5) is 0 Å². The van der Waals surface area contributed by atoms with Gasteiger partial charge in [0.15, 0.2) is 0 Å². The van der Waals surface area contributed by atoms with E-state index in [4.69, 9.17) is 11.6 Å². The van der Waals surface area contributed by atoms with E-state index in [0.717, 1.165) is 10.6 Å². The molecule has 0 aromatic carbocycles. The molecular formula is C9H13ClN2OS. The molecule has 1 amide bonds. The van der Waals surface area contributed by atoms with Gasteiger partial charge in [-0.3, -0.25) is 4.79 Å². The fourth-order valence-electron chi connectivity index (χ4n) is 1.16. The minimum Gasteiger partial charge on any atom is -0.337 e. The first-order valence-electron chi connectivity index (χ1n) is 4.46. The molecule has 0 spiro atoms. The minimum absolute atomic E-state index is 0.0353. The number of carbonyl (C=O) groups is 1. The fourth-order valence-corrected chi connectivity index (χ4v) is 2.13. The van der Waals surface area contributed by atoms with Crippen molar-refractivity contribution in [1.29, 1.82) is 0 Å². The van der Waals surface area contributed by atoms with E-state index >= 15 is 0 Å². The van der Waals surface area contributed by atoms with E-state index < -0.39 is 0 Å². The van der Waals surface area contributed by atoms with Crippen LogP contribution in [-0.2, 0) is 0 Å². The fraction of sp³-hybridized carbons (Fsp3) is 0.556. The lowest BCUT2D eigenvalue weighted by atomic mass is 10.3. The van der Waals surface area contributed by atoms with Crippen LogP contribution in [0.25, 0.3) is 0 Å². The van der Waals surface area contributed by atoms with Gasteiger partial charge in [0, 0.05) is 19.0 Å². The average Bonchev–Trinajstić information content (AvgIpc) is 2.59. The number of nitrogens with zero attached hydrogens (tertiary/aromatic N) is 2. The zero-order chi connectivity index (χ0) is 10.6. The van der Waals surface area contributed by atoms with E-state index in [9.17, 15) is 4.79 Å². The molecule has 1 aromatic rings. The monoisotopic (exact) mass is 232 g/mol. The smallest absolute Gasteiger partial charge is 0.265 e. The predicted octanol–water partition coefficient (Wildman–Crippen LogP) is 2.15. The predicted molar refractivity (Wildman–Crippen MR) is 59.1 cm³/mol. The molecule has 1 heterocycles. The van der Waals surface area contributed by atoms with Gasteiger partial charge in [-0.1, -0.05) is 0 Å². The highest BCUT2D eigenvalue weighted by Crippen LogP contribution is 2.14. The Morgan fingerprint density at radius 1 is 1.71 bits per heavy atom. The van der Waals surface area contributed by atoms with Gasteiger partial charge in [0.05, 0.1) is 11.2 Å². The molecule has 0 N–H and O–H groups in total. The second kappa shape index (κ2) is 5.32. The maximum absolute atomic E-state index is 11.9. The molecule has 5 heteroatoms. The highest BCUT2D eigenvalue weighted by molar-refractivity contribution is 7.11. The highest BCUT2D eigenvalue weighted by Gasteiger charge is 2.17. The van der Waals surface area contributed by atoms with Gasteiger partial charge in [0.1, 0.15) is 4.88 Å². The Hall–Kier alpha value is -0.610. The zero-order valence-corrected chi connectivity index (χ0v) is 9.86. The van der Waals surface area contributed by atoms with Crippen molar-refractivity contribution in [3.63, 3.8) is 0 Å². The third-order valence-corrected chi connectivity index (χ3v) is 3.05. The van der Waals surface area contributed by atoms with Crippen LogP contribution >= 0.6 is 22.9 Å². The number of halogens is 1. The van der Waals surface area contributed by atoms with E-state index in [0.29, 0.717) is 19.0 Å². The van der Waals surface area contributed by atoms with Crippen LogP contribution < -0.4 is 0 Å². The first-order valence-corrected chi connectivity index (χ1v) is 5.87. The third-order valence-electron chi connectivity index (χ3n) is 1.96. The number of amides is 1. The second-order valence-corrected chi connectivity index (χ2v) is 4.07. The van der Waals surface area contributed by atoms with Gasteiger partial charge in [-0.25, -0.2) is 4.98 Å². The molecule has 1 aromatic heterocycles. The summed E-state index contributed by atoms with van der Waals surface area (Å²) in [5.41, 5.74) is 2.49. The van der Waals surface area contributed by atoms with E-state index in [1.165, 1.54) is 11.3 Å². The lowest BCUT2D eigenvalue weighted by molar-refractivity contribution is 0.0778. The van der Waals surface area contributed by atoms with E-state index in [1.54, 1.807) is 10.4 Å². The van der Waals surface area contributed by atoms with Gasteiger partial charge < -0.3 is 4.90 Å².